The van der Waals surface area contributed by atoms with Crippen LogP contribution in [0.5, 0.6) is 0 Å². The quantitative estimate of drug-likeness (QED) is 0.352. The van der Waals surface area contributed by atoms with Gasteiger partial charge in [0.1, 0.15) is 0 Å². The molecule has 7 heteroatoms. The van der Waals surface area contributed by atoms with Crippen LogP contribution in [0.25, 0.3) is 10.9 Å². The van der Waals surface area contributed by atoms with Crippen LogP contribution >= 0.6 is 12.2 Å². The second-order valence-corrected chi connectivity index (χ2v) is 6.42. The van der Waals surface area contributed by atoms with E-state index in [1.165, 1.54) is 25.7 Å². The van der Waals surface area contributed by atoms with E-state index in [0.717, 1.165) is 17.4 Å². The molecule has 1 aromatic heterocycles. The van der Waals surface area contributed by atoms with Crippen molar-refractivity contribution in [1.82, 2.24) is 26.4 Å². The van der Waals surface area contributed by atoms with Crippen LogP contribution in [0, 0.1) is 5.92 Å². The first-order chi connectivity index (χ1) is 11.6. The highest BCUT2D eigenvalue weighted by molar-refractivity contribution is 7.80. The molecule has 1 aromatic carbocycles. The van der Waals surface area contributed by atoms with Gasteiger partial charge < -0.3 is 5.32 Å². The molecule has 1 atom stereocenters. The van der Waals surface area contributed by atoms with E-state index in [2.05, 4.69) is 40.2 Å². The summed E-state index contributed by atoms with van der Waals surface area (Å²) in [7, 11) is 0. The number of hydrogen-bond acceptors (Lipinski definition) is 3. The number of fused-ring (bicyclic) bond motifs is 1. The molecule has 0 saturated carbocycles. The summed E-state index contributed by atoms with van der Waals surface area (Å²) in [6.07, 6.45) is 4.91. The van der Waals surface area contributed by atoms with Crippen molar-refractivity contribution in [3.05, 3.63) is 30.0 Å². The van der Waals surface area contributed by atoms with Gasteiger partial charge in [0, 0.05) is 11.9 Å². The number of para-hydroxylation sites is 1. The summed E-state index contributed by atoms with van der Waals surface area (Å²) in [5.74, 6) is 0.217. The zero-order valence-electron chi connectivity index (χ0n) is 14.2. The lowest BCUT2D eigenvalue weighted by Crippen LogP contribution is -2.47. The Hall–Kier alpha value is -2.15. The molecule has 0 aliphatic heterocycles. The number of unbranched alkanes of at least 4 members (excludes halogenated alkanes) is 2. The van der Waals surface area contributed by atoms with E-state index in [-0.39, 0.29) is 5.91 Å². The Balaban J connectivity index is 1.74. The van der Waals surface area contributed by atoms with Crippen LogP contribution in [-0.4, -0.2) is 27.8 Å². The molecule has 24 heavy (non-hydrogen) atoms. The summed E-state index contributed by atoms with van der Waals surface area (Å²) < 4.78 is 0. The van der Waals surface area contributed by atoms with Gasteiger partial charge in [0.25, 0.3) is 5.91 Å². The van der Waals surface area contributed by atoms with Crippen LogP contribution in [0.3, 0.4) is 0 Å². The van der Waals surface area contributed by atoms with Gasteiger partial charge in [-0.3, -0.25) is 20.7 Å². The number of carbonyl (C=O) groups is 1. The van der Waals surface area contributed by atoms with Crippen LogP contribution in [-0.2, 0) is 0 Å². The Morgan fingerprint density at radius 2 is 2.08 bits per heavy atom. The number of hydrazine groups is 1. The standard InChI is InChI=1S/C17H25N5OS/c1-3-4-5-8-12(2)11-18-17(24)22-21-16(23)15-13-9-6-7-10-14(13)19-20-15/h6-7,9-10,12H,3-5,8,11H2,1-2H3,(H,19,20)(H,21,23)(H2,18,22,24)/t12-/m1/s1. The van der Waals surface area contributed by atoms with Gasteiger partial charge in [-0.05, 0) is 30.6 Å². The Labute approximate surface area is 147 Å². The molecule has 0 bridgehead atoms. The third-order valence-electron chi connectivity index (χ3n) is 3.89. The molecular weight excluding hydrogens is 322 g/mol. The monoisotopic (exact) mass is 347 g/mol. The first-order valence-corrected chi connectivity index (χ1v) is 8.80. The van der Waals surface area contributed by atoms with Gasteiger partial charge in [0.15, 0.2) is 10.8 Å². The SMILES string of the molecule is CCCCC[C@@H](C)CNC(=S)NNC(=O)c1n[nH]c2ccccc12. The maximum atomic E-state index is 12.2. The van der Waals surface area contributed by atoms with Gasteiger partial charge in [0.05, 0.1) is 5.52 Å². The smallest absolute Gasteiger partial charge is 0.290 e. The van der Waals surface area contributed by atoms with E-state index in [1.807, 2.05) is 24.3 Å². The largest absolute Gasteiger partial charge is 0.361 e. The van der Waals surface area contributed by atoms with Crippen LogP contribution in [0.4, 0.5) is 0 Å². The predicted octanol–water partition coefficient (Wildman–Crippen LogP) is 2.89. The van der Waals surface area contributed by atoms with Gasteiger partial charge in [-0.25, -0.2) is 0 Å². The number of carbonyl (C=O) groups excluding carboxylic acids is 1. The van der Waals surface area contributed by atoms with Gasteiger partial charge >= 0.3 is 0 Å². The zero-order valence-corrected chi connectivity index (χ0v) is 15.0. The fourth-order valence-corrected chi connectivity index (χ4v) is 2.60. The maximum absolute atomic E-state index is 12.2. The molecule has 4 N–H and O–H groups in total. The van der Waals surface area contributed by atoms with Crippen LogP contribution < -0.4 is 16.2 Å². The Morgan fingerprint density at radius 1 is 1.29 bits per heavy atom. The maximum Gasteiger partial charge on any atom is 0.290 e. The Morgan fingerprint density at radius 3 is 2.88 bits per heavy atom. The summed E-state index contributed by atoms with van der Waals surface area (Å²) in [4.78, 5) is 12.2. The van der Waals surface area contributed by atoms with Gasteiger partial charge in [-0.2, -0.15) is 5.10 Å². The molecule has 0 radical (unpaired) electrons. The molecular formula is C17H25N5OS. The van der Waals surface area contributed by atoms with Crippen LogP contribution in [0.15, 0.2) is 24.3 Å². The minimum absolute atomic E-state index is 0.326. The number of amides is 1. The van der Waals surface area contributed by atoms with Crippen LogP contribution in [0.1, 0.15) is 50.0 Å². The molecule has 0 saturated heterocycles. The molecule has 130 valence electrons. The Kier molecular flexibility index (Phi) is 6.99. The zero-order chi connectivity index (χ0) is 17.4. The van der Waals surface area contributed by atoms with Crippen molar-refractivity contribution in [2.45, 2.75) is 39.5 Å². The van der Waals surface area contributed by atoms with E-state index in [4.69, 9.17) is 12.2 Å². The fraction of sp³-hybridized carbons (Fsp3) is 0.471. The fourth-order valence-electron chi connectivity index (χ4n) is 2.47. The summed E-state index contributed by atoms with van der Waals surface area (Å²) >= 11 is 5.19. The normalized spacial score (nSPS) is 11.9. The highest BCUT2D eigenvalue weighted by atomic mass is 32.1. The molecule has 6 nitrogen and oxygen atoms in total. The summed E-state index contributed by atoms with van der Waals surface area (Å²) in [6.45, 7) is 5.18. The first-order valence-electron chi connectivity index (χ1n) is 8.39. The lowest BCUT2D eigenvalue weighted by atomic mass is 10.0. The van der Waals surface area contributed by atoms with E-state index < -0.39 is 0 Å². The number of benzene rings is 1. The number of aromatic amines is 1. The molecule has 1 amide bonds. The predicted molar refractivity (Wildman–Crippen MR) is 101 cm³/mol. The number of hydrogen-bond donors (Lipinski definition) is 4. The summed E-state index contributed by atoms with van der Waals surface area (Å²) in [6, 6.07) is 7.48. The van der Waals surface area contributed by atoms with E-state index in [0.29, 0.717) is 16.7 Å². The van der Waals surface area contributed by atoms with Gasteiger partial charge in [-0.15, -0.1) is 0 Å². The molecule has 2 aromatic rings. The Bertz CT molecular complexity index is 684. The highest BCUT2D eigenvalue weighted by Crippen LogP contribution is 2.14. The molecule has 2 rings (SSSR count). The van der Waals surface area contributed by atoms with Crippen LogP contribution in [0.2, 0.25) is 0 Å². The first kappa shape index (κ1) is 18.2. The summed E-state index contributed by atoms with van der Waals surface area (Å²) in [5.41, 5.74) is 6.47. The number of H-pyrrole nitrogens is 1. The van der Waals surface area contributed by atoms with Crippen molar-refractivity contribution < 1.29 is 4.79 Å². The average Bonchev–Trinajstić information content (AvgIpc) is 3.02. The number of aromatic nitrogens is 2. The van der Waals surface area contributed by atoms with Crippen molar-refractivity contribution in [1.29, 1.82) is 0 Å². The van der Waals surface area contributed by atoms with Crippen molar-refractivity contribution in [2.75, 3.05) is 6.54 Å². The second kappa shape index (κ2) is 9.22. The number of nitrogens with zero attached hydrogens (tertiary/aromatic N) is 1. The number of nitrogens with one attached hydrogen (secondary N) is 4. The lowest BCUT2D eigenvalue weighted by molar-refractivity contribution is 0.0940. The van der Waals surface area contributed by atoms with Crippen molar-refractivity contribution in [2.24, 2.45) is 5.92 Å². The third kappa shape index (κ3) is 5.19. The van der Waals surface area contributed by atoms with E-state index in [9.17, 15) is 4.79 Å². The molecule has 0 spiro atoms. The van der Waals surface area contributed by atoms with Crippen molar-refractivity contribution in [3.63, 3.8) is 0 Å². The molecule has 1 heterocycles. The van der Waals surface area contributed by atoms with Crippen molar-refractivity contribution >= 4 is 34.1 Å². The third-order valence-corrected chi connectivity index (χ3v) is 4.13. The minimum atomic E-state index is -0.326. The number of rotatable bonds is 7. The lowest BCUT2D eigenvalue weighted by Gasteiger charge is -2.15. The topological polar surface area (TPSA) is 81.8 Å². The summed E-state index contributed by atoms with van der Waals surface area (Å²) in [5, 5.41) is 11.2. The highest BCUT2D eigenvalue weighted by Gasteiger charge is 2.13. The van der Waals surface area contributed by atoms with Gasteiger partial charge in [0.2, 0.25) is 0 Å². The number of thiocarbonyl (C=S) groups is 1. The van der Waals surface area contributed by atoms with E-state index in [1.54, 1.807) is 0 Å². The average molecular weight is 347 g/mol. The van der Waals surface area contributed by atoms with Crippen molar-refractivity contribution in [3.8, 4) is 0 Å². The molecule has 0 unspecified atom stereocenters. The molecule has 0 fully saturated rings. The molecule has 0 aliphatic rings. The van der Waals surface area contributed by atoms with Gasteiger partial charge in [-0.1, -0.05) is 51.3 Å². The molecule has 0 aliphatic carbocycles. The van der Waals surface area contributed by atoms with E-state index >= 15 is 0 Å². The second-order valence-electron chi connectivity index (χ2n) is 6.01. The minimum Gasteiger partial charge on any atom is -0.361 e.